The van der Waals surface area contributed by atoms with Crippen molar-refractivity contribution >= 4 is 28.5 Å². The van der Waals surface area contributed by atoms with Gasteiger partial charge in [0.25, 0.3) is 0 Å². The predicted octanol–water partition coefficient (Wildman–Crippen LogP) is 3.47. The van der Waals surface area contributed by atoms with E-state index in [9.17, 15) is 14.4 Å². The van der Waals surface area contributed by atoms with Gasteiger partial charge < -0.3 is 19.2 Å². The average Bonchev–Trinajstić information content (AvgIpc) is 2.72. The second kappa shape index (κ2) is 8.60. The van der Waals surface area contributed by atoms with Crippen molar-refractivity contribution in [1.29, 1.82) is 0 Å². The van der Waals surface area contributed by atoms with Gasteiger partial charge in [-0.2, -0.15) is 0 Å². The van der Waals surface area contributed by atoms with E-state index in [0.29, 0.717) is 22.6 Å². The first kappa shape index (κ1) is 20.1. The molecule has 1 heterocycles. The Kier molecular flexibility index (Phi) is 5.97. The van der Waals surface area contributed by atoms with E-state index >= 15 is 0 Å². The molecular formula is C22H21NO6. The second-order valence-electron chi connectivity index (χ2n) is 6.44. The lowest BCUT2D eigenvalue weighted by Gasteiger charge is -2.11. The van der Waals surface area contributed by atoms with Gasteiger partial charge in [-0.15, -0.1) is 0 Å². The van der Waals surface area contributed by atoms with E-state index in [1.54, 1.807) is 36.4 Å². The molecular weight excluding hydrogens is 374 g/mol. The molecule has 1 N–H and O–H groups in total. The van der Waals surface area contributed by atoms with Crippen LogP contribution in [0.2, 0.25) is 0 Å². The normalized spacial score (nSPS) is 10.6. The van der Waals surface area contributed by atoms with Gasteiger partial charge in [0.1, 0.15) is 11.3 Å². The van der Waals surface area contributed by atoms with Gasteiger partial charge in [0.15, 0.2) is 0 Å². The van der Waals surface area contributed by atoms with Crippen molar-refractivity contribution in [3.63, 3.8) is 0 Å². The quantitative estimate of drug-likeness (QED) is 0.507. The van der Waals surface area contributed by atoms with Crippen LogP contribution in [-0.2, 0) is 16.0 Å². The molecule has 0 atom stereocenters. The van der Waals surface area contributed by atoms with Crippen molar-refractivity contribution in [2.75, 3.05) is 19.5 Å². The summed E-state index contributed by atoms with van der Waals surface area (Å²) < 4.78 is 15.3. The third-order valence-electron chi connectivity index (χ3n) is 4.70. The third-order valence-corrected chi connectivity index (χ3v) is 4.70. The van der Waals surface area contributed by atoms with E-state index in [1.807, 2.05) is 13.0 Å². The number of para-hydroxylation sites is 1. The molecule has 7 heteroatoms. The Balaban J connectivity index is 1.78. The highest BCUT2D eigenvalue weighted by Crippen LogP contribution is 2.24. The van der Waals surface area contributed by atoms with E-state index in [-0.39, 0.29) is 24.3 Å². The minimum absolute atomic E-state index is 0.0583. The molecule has 7 nitrogen and oxygen atoms in total. The van der Waals surface area contributed by atoms with Crippen LogP contribution in [-0.4, -0.2) is 26.1 Å². The second-order valence-corrected chi connectivity index (χ2v) is 6.44. The van der Waals surface area contributed by atoms with Crippen molar-refractivity contribution in [2.45, 2.75) is 19.8 Å². The summed E-state index contributed by atoms with van der Waals surface area (Å²) in [7, 11) is 2.82. The maximum atomic E-state index is 12.4. The van der Waals surface area contributed by atoms with Crippen molar-refractivity contribution in [3.8, 4) is 5.75 Å². The number of carbonyl (C=O) groups excluding carboxylic acids is 2. The van der Waals surface area contributed by atoms with Gasteiger partial charge in [-0.1, -0.05) is 12.1 Å². The summed E-state index contributed by atoms with van der Waals surface area (Å²) in [6, 6.07) is 11.8. The molecule has 0 saturated carbocycles. The number of methoxy groups -OCH3 is 2. The first-order valence-electron chi connectivity index (χ1n) is 9.02. The smallest absolute Gasteiger partial charge is 0.339 e. The van der Waals surface area contributed by atoms with Gasteiger partial charge in [-0.05, 0) is 43.2 Å². The lowest BCUT2D eigenvalue weighted by Crippen LogP contribution is -2.18. The number of esters is 1. The van der Waals surface area contributed by atoms with Crippen LogP contribution in [0.5, 0.6) is 5.75 Å². The van der Waals surface area contributed by atoms with Gasteiger partial charge in [0.05, 0.1) is 25.5 Å². The van der Waals surface area contributed by atoms with Crippen LogP contribution < -0.4 is 15.7 Å². The Morgan fingerprint density at radius 2 is 1.86 bits per heavy atom. The van der Waals surface area contributed by atoms with Gasteiger partial charge >= 0.3 is 11.6 Å². The summed E-state index contributed by atoms with van der Waals surface area (Å²) in [5.41, 5.74) is 1.79. The van der Waals surface area contributed by atoms with Crippen LogP contribution in [0.3, 0.4) is 0 Å². The fourth-order valence-corrected chi connectivity index (χ4v) is 3.12. The number of fused-ring (bicyclic) bond motifs is 1. The van der Waals surface area contributed by atoms with Crippen molar-refractivity contribution in [2.24, 2.45) is 0 Å². The maximum Gasteiger partial charge on any atom is 0.339 e. The minimum Gasteiger partial charge on any atom is -0.497 e. The lowest BCUT2D eigenvalue weighted by atomic mass is 10.0. The Labute approximate surface area is 167 Å². The molecule has 0 aliphatic rings. The van der Waals surface area contributed by atoms with Crippen LogP contribution in [0, 0.1) is 6.92 Å². The Bertz CT molecular complexity index is 1130. The predicted molar refractivity (Wildman–Crippen MR) is 109 cm³/mol. The number of aryl methyl sites for hydroxylation is 1. The standard InChI is InChI=1S/C22H21NO6/c1-13-15-9-8-14(27-2)12-19(15)29-22(26)16(13)10-11-20(24)23-18-7-5-4-6-17(18)21(25)28-3/h4-9,12H,10-11H2,1-3H3,(H,23,24). The van der Waals surface area contributed by atoms with Gasteiger partial charge in [0.2, 0.25) is 5.91 Å². The summed E-state index contributed by atoms with van der Waals surface area (Å²) in [4.78, 5) is 36.6. The number of amides is 1. The fraction of sp³-hybridized carbons (Fsp3) is 0.227. The molecule has 2 aromatic carbocycles. The lowest BCUT2D eigenvalue weighted by molar-refractivity contribution is -0.116. The van der Waals surface area contributed by atoms with Crippen LogP contribution in [0.4, 0.5) is 5.69 Å². The molecule has 0 fully saturated rings. The largest absolute Gasteiger partial charge is 0.497 e. The molecule has 150 valence electrons. The number of hydrogen-bond acceptors (Lipinski definition) is 6. The molecule has 3 rings (SSSR count). The summed E-state index contributed by atoms with van der Waals surface area (Å²) in [5, 5.41) is 3.49. The summed E-state index contributed by atoms with van der Waals surface area (Å²) in [6.07, 6.45) is 0.269. The number of nitrogens with one attached hydrogen (secondary N) is 1. The molecule has 1 amide bonds. The van der Waals surface area contributed by atoms with Crippen LogP contribution in [0.15, 0.2) is 51.7 Å². The van der Waals surface area contributed by atoms with Gasteiger partial charge in [0, 0.05) is 23.4 Å². The topological polar surface area (TPSA) is 94.8 Å². The number of ether oxygens (including phenoxy) is 2. The van der Waals surface area contributed by atoms with E-state index in [2.05, 4.69) is 5.32 Å². The zero-order valence-electron chi connectivity index (χ0n) is 16.4. The van der Waals surface area contributed by atoms with E-state index in [0.717, 1.165) is 10.9 Å². The van der Waals surface area contributed by atoms with Gasteiger partial charge in [-0.3, -0.25) is 4.79 Å². The number of hydrogen-bond donors (Lipinski definition) is 1. The molecule has 3 aromatic rings. The van der Waals surface area contributed by atoms with E-state index in [4.69, 9.17) is 13.9 Å². The first-order valence-corrected chi connectivity index (χ1v) is 9.02. The minimum atomic E-state index is -0.539. The van der Waals surface area contributed by atoms with Crippen molar-refractivity contribution in [3.05, 3.63) is 69.6 Å². The summed E-state index contributed by atoms with van der Waals surface area (Å²) >= 11 is 0. The number of rotatable bonds is 6. The Morgan fingerprint density at radius 3 is 2.59 bits per heavy atom. The van der Waals surface area contributed by atoms with Crippen LogP contribution >= 0.6 is 0 Å². The average molecular weight is 395 g/mol. The highest BCUT2D eigenvalue weighted by Gasteiger charge is 2.16. The molecule has 1 aromatic heterocycles. The Morgan fingerprint density at radius 1 is 1.10 bits per heavy atom. The molecule has 0 aliphatic carbocycles. The zero-order chi connectivity index (χ0) is 21.0. The fourth-order valence-electron chi connectivity index (χ4n) is 3.12. The summed E-state index contributed by atoms with van der Waals surface area (Å²) in [5.74, 6) is -0.270. The van der Waals surface area contributed by atoms with E-state index < -0.39 is 11.6 Å². The number of carbonyl (C=O) groups is 2. The molecule has 0 spiro atoms. The SMILES string of the molecule is COC(=O)c1ccccc1NC(=O)CCc1c(C)c2ccc(OC)cc2oc1=O. The molecule has 0 unspecified atom stereocenters. The van der Waals surface area contributed by atoms with Crippen LogP contribution in [0.25, 0.3) is 11.0 Å². The van der Waals surface area contributed by atoms with E-state index in [1.165, 1.54) is 14.2 Å². The highest BCUT2D eigenvalue weighted by molar-refractivity contribution is 6.01. The zero-order valence-corrected chi connectivity index (χ0v) is 16.4. The van der Waals surface area contributed by atoms with Crippen molar-refractivity contribution in [1.82, 2.24) is 0 Å². The first-order chi connectivity index (χ1) is 13.9. The van der Waals surface area contributed by atoms with Crippen molar-refractivity contribution < 1.29 is 23.5 Å². The third kappa shape index (κ3) is 4.29. The molecule has 0 aliphatic heterocycles. The molecule has 0 saturated heterocycles. The molecule has 0 bridgehead atoms. The molecule has 29 heavy (non-hydrogen) atoms. The summed E-state index contributed by atoms with van der Waals surface area (Å²) in [6.45, 7) is 1.82. The monoisotopic (exact) mass is 395 g/mol. The number of benzene rings is 2. The highest BCUT2D eigenvalue weighted by atomic mass is 16.5. The van der Waals surface area contributed by atoms with Gasteiger partial charge in [-0.25, -0.2) is 9.59 Å². The number of anilines is 1. The molecule has 0 radical (unpaired) electrons. The van der Waals surface area contributed by atoms with Crippen LogP contribution in [0.1, 0.15) is 27.9 Å². The maximum absolute atomic E-state index is 12.4. The Hall–Kier alpha value is -3.61.